The number of sulfonamides is 1. The zero-order chi connectivity index (χ0) is 15.5. The van der Waals surface area contributed by atoms with Crippen LogP contribution in [0.25, 0.3) is 0 Å². The van der Waals surface area contributed by atoms with E-state index in [1.165, 1.54) is 4.31 Å². The predicted octanol–water partition coefficient (Wildman–Crippen LogP) is 1.84. The van der Waals surface area contributed by atoms with Crippen LogP contribution in [-0.2, 0) is 10.0 Å². The second kappa shape index (κ2) is 6.61. The molecule has 0 aromatic heterocycles. The number of rotatable bonds is 5. The van der Waals surface area contributed by atoms with Crippen LogP contribution in [0.3, 0.4) is 0 Å². The minimum absolute atomic E-state index is 0.00783. The van der Waals surface area contributed by atoms with Gasteiger partial charge in [0.1, 0.15) is 0 Å². The first-order valence-corrected chi connectivity index (χ1v) is 8.59. The van der Waals surface area contributed by atoms with Crippen molar-refractivity contribution in [3.05, 3.63) is 29.8 Å². The average Bonchev–Trinajstić information content (AvgIpc) is 3.31. The quantitative estimate of drug-likeness (QED) is 0.845. The SMILES string of the molecule is CC(C1CC1)N(C)S(=O)(=O)c1ccccc1C#CCCO. The summed E-state index contributed by atoms with van der Waals surface area (Å²) < 4.78 is 27.0. The summed E-state index contributed by atoms with van der Waals surface area (Å²) in [5, 5.41) is 8.77. The first-order valence-electron chi connectivity index (χ1n) is 7.15. The van der Waals surface area contributed by atoms with Crippen molar-refractivity contribution in [2.75, 3.05) is 13.7 Å². The van der Waals surface area contributed by atoms with E-state index >= 15 is 0 Å². The molecule has 1 unspecified atom stereocenters. The van der Waals surface area contributed by atoms with Crippen molar-refractivity contribution in [3.8, 4) is 11.8 Å². The third-order valence-corrected chi connectivity index (χ3v) is 5.88. The number of hydrogen-bond donors (Lipinski definition) is 1. The van der Waals surface area contributed by atoms with E-state index in [1.54, 1.807) is 31.3 Å². The number of aliphatic hydroxyl groups excluding tert-OH is 1. The molecule has 0 saturated heterocycles. The fraction of sp³-hybridized carbons (Fsp3) is 0.500. The molecular formula is C16H21NO3S. The monoisotopic (exact) mass is 307 g/mol. The topological polar surface area (TPSA) is 57.6 Å². The molecule has 1 saturated carbocycles. The van der Waals surface area contributed by atoms with Gasteiger partial charge in [-0.25, -0.2) is 8.42 Å². The molecule has 114 valence electrons. The van der Waals surface area contributed by atoms with Crippen molar-refractivity contribution in [3.63, 3.8) is 0 Å². The molecule has 0 radical (unpaired) electrons. The Labute approximate surface area is 126 Å². The summed E-state index contributed by atoms with van der Waals surface area (Å²) in [6.07, 6.45) is 2.53. The van der Waals surface area contributed by atoms with Crippen LogP contribution in [0.1, 0.15) is 31.7 Å². The van der Waals surface area contributed by atoms with Gasteiger partial charge in [-0.05, 0) is 37.8 Å². The van der Waals surface area contributed by atoms with Crippen molar-refractivity contribution >= 4 is 10.0 Å². The van der Waals surface area contributed by atoms with Gasteiger partial charge in [0.2, 0.25) is 10.0 Å². The van der Waals surface area contributed by atoms with Crippen LogP contribution in [0.4, 0.5) is 0 Å². The molecule has 1 aromatic rings. The molecule has 0 amide bonds. The minimum atomic E-state index is -3.54. The van der Waals surface area contributed by atoms with Crippen LogP contribution >= 0.6 is 0 Å². The lowest BCUT2D eigenvalue weighted by Gasteiger charge is -2.24. The van der Waals surface area contributed by atoms with Gasteiger partial charge in [-0.3, -0.25) is 0 Å². The zero-order valence-corrected chi connectivity index (χ0v) is 13.2. The average molecular weight is 307 g/mol. The van der Waals surface area contributed by atoms with E-state index in [2.05, 4.69) is 11.8 Å². The fourth-order valence-electron chi connectivity index (χ4n) is 2.26. The molecule has 1 atom stereocenters. The van der Waals surface area contributed by atoms with Gasteiger partial charge in [-0.1, -0.05) is 24.0 Å². The Kier molecular flexibility index (Phi) is 5.04. The van der Waals surface area contributed by atoms with E-state index in [4.69, 9.17) is 5.11 Å². The molecule has 0 bridgehead atoms. The number of benzene rings is 1. The largest absolute Gasteiger partial charge is 0.395 e. The fourth-order valence-corrected chi connectivity index (χ4v) is 3.83. The Morgan fingerprint density at radius 1 is 1.38 bits per heavy atom. The van der Waals surface area contributed by atoms with Crippen LogP contribution in [0, 0.1) is 17.8 Å². The summed E-state index contributed by atoms with van der Waals surface area (Å²) in [4.78, 5) is 0.241. The van der Waals surface area contributed by atoms with Gasteiger partial charge < -0.3 is 5.11 Å². The van der Waals surface area contributed by atoms with Gasteiger partial charge in [0.15, 0.2) is 0 Å². The highest BCUT2D eigenvalue weighted by molar-refractivity contribution is 7.89. The summed E-state index contributed by atoms with van der Waals surface area (Å²) in [7, 11) is -1.91. The lowest BCUT2D eigenvalue weighted by atomic mass is 10.2. The van der Waals surface area contributed by atoms with E-state index < -0.39 is 10.0 Å². The van der Waals surface area contributed by atoms with Crippen LogP contribution in [-0.4, -0.2) is 37.5 Å². The normalized spacial score (nSPS) is 16.4. The van der Waals surface area contributed by atoms with Gasteiger partial charge in [0.25, 0.3) is 0 Å². The van der Waals surface area contributed by atoms with Crippen molar-refractivity contribution in [2.24, 2.45) is 5.92 Å². The van der Waals surface area contributed by atoms with Gasteiger partial charge in [-0.15, -0.1) is 0 Å². The van der Waals surface area contributed by atoms with Crippen molar-refractivity contribution in [2.45, 2.75) is 37.1 Å². The van der Waals surface area contributed by atoms with Crippen LogP contribution in [0.15, 0.2) is 29.2 Å². The Hall–Kier alpha value is -1.35. The maximum atomic E-state index is 12.8. The molecular weight excluding hydrogens is 286 g/mol. The summed E-state index contributed by atoms with van der Waals surface area (Å²) in [5.41, 5.74) is 0.487. The van der Waals surface area contributed by atoms with Crippen LogP contribution in [0.5, 0.6) is 0 Å². The molecule has 1 aliphatic carbocycles. The highest BCUT2D eigenvalue weighted by Crippen LogP contribution is 2.36. The Bertz CT molecular complexity index is 654. The lowest BCUT2D eigenvalue weighted by Crippen LogP contribution is -2.36. The van der Waals surface area contributed by atoms with Crippen LogP contribution in [0.2, 0.25) is 0 Å². The minimum Gasteiger partial charge on any atom is -0.395 e. The lowest BCUT2D eigenvalue weighted by molar-refractivity contribution is 0.305. The van der Waals surface area contributed by atoms with Crippen molar-refractivity contribution < 1.29 is 13.5 Å². The third-order valence-electron chi connectivity index (χ3n) is 3.88. The molecule has 0 spiro atoms. The van der Waals surface area contributed by atoms with Gasteiger partial charge >= 0.3 is 0 Å². The molecule has 4 nitrogen and oxygen atoms in total. The first kappa shape index (κ1) is 16.0. The highest BCUT2D eigenvalue weighted by Gasteiger charge is 2.36. The molecule has 0 heterocycles. The first-order chi connectivity index (χ1) is 9.98. The number of aliphatic hydroxyl groups is 1. The smallest absolute Gasteiger partial charge is 0.244 e. The van der Waals surface area contributed by atoms with E-state index in [0.717, 1.165) is 12.8 Å². The summed E-state index contributed by atoms with van der Waals surface area (Å²) >= 11 is 0. The molecule has 0 aliphatic heterocycles. The molecule has 1 aliphatic rings. The number of hydrogen-bond acceptors (Lipinski definition) is 3. The van der Waals surface area contributed by atoms with Gasteiger partial charge in [0.05, 0.1) is 11.5 Å². The van der Waals surface area contributed by atoms with E-state index in [-0.39, 0.29) is 17.5 Å². The molecule has 1 N–H and O–H groups in total. The van der Waals surface area contributed by atoms with Gasteiger partial charge in [0, 0.05) is 25.1 Å². The molecule has 2 rings (SSSR count). The zero-order valence-electron chi connectivity index (χ0n) is 12.4. The predicted molar refractivity (Wildman–Crippen MR) is 82.2 cm³/mol. The van der Waals surface area contributed by atoms with E-state index in [0.29, 0.717) is 17.9 Å². The summed E-state index contributed by atoms with van der Waals surface area (Å²) in [6, 6.07) is 6.78. The maximum absolute atomic E-state index is 12.8. The molecule has 21 heavy (non-hydrogen) atoms. The summed E-state index contributed by atoms with van der Waals surface area (Å²) in [5.74, 6) is 6.10. The van der Waals surface area contributed by atoms with E-state index in [1.807, 2.05) is 6.92 Å². The highest BCUT2D eigenvalue weighted by atomic mass is 32.2. The number of nitrogens with zero attached hydrogens (tertiary/aromatic N) is 1. The Balaban J connectivity index is 2.33. The van der Waals surface area contributed by atoms with Crippen LogP contribution < -0.4 is 0 Å². The molecule has 1 fully saturated rings. The maximum Gasteiger partial charge on any atom is 0.244 e. The standard InChI is InChI=1S/C16H21NO3S/c1-13(14-10-11-14)17(2)21(19,20)16-9-4-3-7-15(16)8-5-6-12-18/h3-4,7,9,13-14,18H,6,10-12H2,1-2H3. The summed E-state index contributed by atoms with van der Waals surface area (Å²) in [6.45, 7) is 1.93. The second-order valence-electron chi connectivity index (χ2n) is 5.37. The van der Waals surface area contributed by atoms with E-state index in [9.17, 15) is 8.42 Å². The Morgan fingerprint density at radius 2 is 2.05 bits per heavy atom. The van der Waals surface area contributed by atoms with Crippen molar-refractivity contribution in [1.82, 2.24) is 4.31 Å². The Morgan fingerprint density at radius 3 is 2.67 bits per heavy atom. The molecule has 5 heteroatoms. The third kappa shape index (κ3) is 3.65. The van der Waals surface area contributed by atoms with Crippen molar-refractivity contribution in [1.29, 1.82) is 0 Å². The van der Waals surface area contributed by atoms with Gasteiger partial charge in [-0.2, -0.15) is 4.31 Å². The molecule has 1 aromatic carbocycles. The second-order valence-corrected chi connectivity index (χ2v) is 7.34.